The zero-order chi connectivity index (χ0) is 21.5. The second kappa shape index (κ2) is 7.69. The van der Waals surface area contributed by atoms with Crippen molar-refractivity contribution in [3.8, 4) is 17.1 Å². The highest BCUT2D eigenvalue weighted by Gasteiger charge is 2.18. The van der Waals surface area contributed by atoms with Crippen LogP contribution >= 0.6 is 0 Å². The Labute approximate surface area is 186 Å². The molecule has 1 N–H and O–H groups in total. The fourth-order valence-corrected chi connectivity index (χ4v) is 4.68. The molecule has 0 saturated heterocycles. The molecule has 0 unspecified atom stereocenters. The van der Waals surface area contributed by atoms with Crippen molar-refractivity contribution in [3.63, 3.8) is 0 Å². The number of hydrogen-bond acceptors (Lipinski definition) is 2. The predicted octanol–water partition coefficient (Wildman–Crippen LogP) is 7.87. The van der Waals surface area contributed by atoms with E-state index in [1.807, 2.05) is 0 Å². The van der Waals surface area contributed by atoms with E-state index in [0.717, 1.165) is 51.8 Å². The molecule has 3 heteroatoms. The van der Waals surface area contributed by atoms with Gasteiger partial charge in [-0.15, -0.1) is 0 Å². The van der Waals surface area contributed by atoms with Gasteiger partial charge in [0.05, 0.1) is 23.2 Å². The van der Waals surface area contributed by atoms with Crippen LogP contribution in [0.2, 0.25) is 0 Å². The van der Waals surface area contributed by atoms with Crippen molar-refractivity contribution in [1.82, 2.24) is 9.97 Å². The van der Waals surface area contributed by atoms with Crippen molar-refractivity contribution in [2.45, 2.75) is 19.8 Å². The van der Waals surface area contributed by atoms with E-state index < -0.39 is 0 Å². The summed E-state index contributed by atoms with van der Waals surface area (Å²) in [6.07, 6.45) is 2.13. The molecule has 0 amide bonds. The van der Waals surface area contributed by atoms with Gasteiger partial charge in [0.2, 0.25) is 0 Å². The molecule has 0 aliphatic carbocycles. The van der Waals surface area contributed by atoms with Crippen molar-refractivity contribution in [2.75, 3.05) is 6.61 Å². The molecule has 3 nitrogen and oxygen atoms in total. The van der Waals surface area contributed by atoms with Gasteiger partial charge in [-0.2, -0.15) is 0 Å². The summed E-state index contributed by atoms with van der Waals surface area (Å²) in [5.74, 6) is 1.73. The number of ether oxygens (including phenoxy) is 1. The van der Waals surface area contributed by atoms with Gasteiger partial charge < -0.3 is 9.72 Å². The first kappa shape index (κ1) is 18.9. The Morgan fingerprint density at radius 2 is 1.38 bits per heavy atom. The molecule has 1 aromatic heterocycles. The van der Waals surface area contributed by atoms with Crippen LogP contribution in [0, 0.1) is 0 Å². The van der Waals surface area contributed by atoms with Gasteiger partial charge in [-0.1, -0.05) is 92.2 Å². The fourth-order valence-electron chi connectivity index (χ4n) is 4.68. The Morgan fingerprint density at radius 1 is 0.719 bits per heavy atom. The standard InChI is InChI=1S/C29H24N2O/c1-2-3-18-32-25-17-16-19-10-4-5-11-20(19)26(25)29-30-27-23-14-8-6-12-21(23)22-13-7-9-15-24(22)28(27)31-29/h4-17H,2-3,18H2,1H3,(H,30,31). The number of fused-ring (bicyclic) bond motifs is 7. The molecular formula is C29H24N2O. The van der Waals surface area contributed by atoms with Gasteiger partial charge in [0, 0.05) is 10.8 Å². The molecule has 5 aromatic carbocycles. The van der Waals surface area contributed by atoms with E-state index in [9.17, 15) is 0 Å². The molecule has 156 valence electrons. The Balaban J connectivity index is 1.68. The van der Waals surface area contributed by atoms with Crippen molar-refractivity contribution in [1.29, 1.82) is 0 Å². The predicted molar refractivity (Wildman–Crippen MR) is 134 cm³/mol. The Kier molecular flexibility index (Phi) is 4.53. The Hall–Kier alpha value is -3.85. The van der Waals surface area contributed by atoms with Crippen LogP contribution < -0.4 is 4.74 Å². The lowest BCUT2D eigenvalue weighted by Crippen LogP contribution is -1.99. The highest BCUT2D eigenvalue weighted by atomic mass is 16.5. The van der Waals surface area contributed by atoms with Gasteiger partial charge in [-0.25, -0.2) is 4.98 Å². The van der Waals surface area contributed by atoms with Crippen LogP contribution in [0.15, 0.2) is 84.9 Å². The van der Waals surface area contributed by atoms with Crippen molar-refractivity contribution in [3.05, 3.63) is 84.9 Å². The van der Waals surface area contributed by atoms with Crippen LogP contribution in [0.1, 0.15) is 19.8 Å². The van der Waals surface area contributed by atoms with E-state index in [1.54, 1.807) is 0 Å². The van der Waals surface area contributed by atoms with Crippen LogP contribution in [0.5, 0.6) is 5.75 Å². The van der Waals surface area contributed by atoms with E-state index in [4.69, 9.17) is 9.72 Å². The third kappa shape index (κ3) is 2.93. The number of rotatable bonds is 5. The number of benzene rings is 5. The van der Waals surface area contributed by atoms with Gasteiger partial charge in [0.15, 0.2) is 0 Å². The van der Waals surface area contributed by atoms with Crippen LogP contribution in [-0.2, 0) is 0 Å². The minimum absolute atomic E-state index is 0.702. The largest absolute Gasteiger partial charge is 0.493 e. The monoisotopic (exact) mass is 416 g/mol. The second-order valence-electron chi connectivity index (χ2n) is 8.26. The number of aromatic amines is 1. The van der Waals surface area contributed by atoms with Crippen molar-refractivity contribution in [2.24, 2.45) is 0 Å². The second-order valence-corrected chi connectivity index (χ2v) is 8.26. The summed E-state index contributed by atoms with van der Waals surface area (Å²) in [4.78, 5) is 8.84. The van der Waals surface area contributed by atoms with Gasteiger partial charge in [0.1, 0.15) is 11.6 Å². The zero-order valence-corrected chi connectivity index (χ0v) is 18.1. The molecule has 0 saturated carbocycles. The number of imidazole rings is 1. The number of nitrogens with zero attached hydrogens (tertiary/aromatic N) is 1. The fraction of sp³-hybridized carbons (Fsp3) is 0.138. The third-order valence-corrected chi connectivity index (χ3v) is 6.26. The molecule has 0 radical (unpaired) electrons. The number of unbranched alkanes of at least 4 members (excludes halogenated alkanes) is 1. The van der Waals surface area contributed by atoms with E-state index in [0.29, 0.717) is 6.61 Å². The number of hydrogen-bond donors (Lipinski definition) is 1. The summed E-state index contributed by atoms with van der Waals surface area (Å²) in [5.41, 5.74) is 3.10. The normalized spacial score (nSPS) is 11.7. The first-order valence-corrected chi connectivity index (χ1v) is 11.3. The Morgan fingerprint density at radius 3 is 2.16 bits per heavy atom. The van der Waals surface area contributed by atoms with Gasteiger partial charge in [0.25, 0.3) is 0 Å². The quantitative estimate of drug-likeness (QED) is 0.229. The first-order chi connectivity index (χ1) is 15.8. The topological polar surface area (TPSA) is 37.9 Å². The van der Waals surface area contributed by atoms with Crippen LogP contribution in [0.25, 0.3) is 54.7 Å². The highest BCUT2D eigenvalue weighted by Crippen LogP contribution is 2.40. The summed E-state index contributed by atoms with van der Waals surface area (Å²) in [7, 11) is 0. The lowest BCUT2D eigenvalue weighted by Gasteiger charge is -2.12. The maximum atomic E-state index is 6.25. The van der Waals surface area contributed by atoms with Crippen LogP contribution in [0.3, 0.4) is 0 Å². The van der Waals surface area contributed by atoms with Gasteiger partial charge >= 0.3 is 0 Å². The van der Waals surface area contributed by atoms with Crippen molar-refractivity contribution < 1.29 is 4.74 Å². The summed E-state index contributed by atoms with van der Waals surface area (Å²) >= 11 is 0. The maximum absolute atomic E-state index is 6.25. The average molecular weight is 417 g/mol. The molecule has 0 fully saturated rings. The average Bonchev–Trinajstić information content (AvgIpc) is 3.30. The van der Waals surface area contributed by atoms with E-state index >= 15 is 0 Å². The molecule has 6 rings (SSSR count). The molecule has 0 aliphatic heterocycles. The van der Waals surface area contributed by atoms with E-state index in [2.05, 4.69) is 96.8 Å². The summed E-state index contributed by atoms with van der Waals surface area (Å²) in [5, 5.41) is 7.15. The summed E-state index contributed by atoms with van der Waals surface area (Å²) in [6, 6.07) is 29.7. The number of aromatic nitrogens is 2. The minimum Gasteiger partial charge on any atom is -0.493 e. The van der Waals surface area contributed by atoms with Gasteiger partial charge in [-0.3, -0.25) is 0 Å². The molecule has 6 aromatic rings. The molecule has 32 heavy (non-hydrogen) atoms. The third-order valence-electron chi connectivity index (χ3n) is 6.26. The minimum atomic E-state index is 0.702. The van der Waals surface area contributed by atoms with Crippen molar-refractivity contribution >= 4 is 43.4 Å². The lowest BCUT2D eigenvalue weighted by molar-refractivity contribution is 0.311. The summed E-state index contributed by atoms with van der Waals surface area (Å²) in [6.45, 7) is 2.88. The molecule has 0 spiro atoms. The van der Waals surface area contributed by atoms with Crippen LogP contribution in [0.4, 0.5) is 0 Å². The highest BCUT2D eigenvalue weighted by molar-refractivity contribution is 6.23. The molecule has 0 atom stereocenters. The maximum Gasteiger partial charge on any atom is 0.142 e. The lowest BCUT2D eigenvalue weighted by atomic mass is 10.0. The summed E-state index contributed by atoms with van der Waals surface area (Å²) < 4.78 is 6.25. The molecular weight excluding hydrogens is 392 g/mol. The molecule has 0 bridgehead atoms. The molecule has 0 aliphatic rings. The first-order valence-electron chi connectivity index (χ1n) is 11.3. The smallest absolute Gasteiger partial charge is 0.142 e. The SMILES string of the molecule is CCCCOc1ccc2ccccc2c1-c1nc2c3ccccc3c3ccccc3c2[nH]1. The number of H-pyrrole nitrogens is 1. The van der Waals surface area contributed by atoms with E-state index in [1.165, 1.54) is 21.5 Å². The zero-order valence-electron chi connectivity index (χ0n) is 18.1. The molecule has 1 heterocycles. The Bertz CT molecular complexity index is 1520. The van der Waals surface area contributed by atoms with Gasteiger partial charge in [-0.05, 0) is 34.0 Å². The number of nitrogens with one attached hydrogen (secondary N) is 1. The van der Waals surface area contributed by atoms with E-state index in [-0.39, 0.29) is 0 Å². The van der Waals surface area contributed by atoms with Crippen LogP contribution in [-0.4, -0.2) is 16.6 Å².